The minimum Gasteiger partial charge on any atom is -0.414 e. The van der Waals surface area contributed by atoms with Crippen LogP contribution in [0.1, 0.15) is 75.2 Å². The van der Waals surface area contributed by atoms with Crippen molar-refractivity contribution in [1.29, 1.82) is 0 Å². The Morgan fingerprint density at radius 3 is 1.67 bits per heavy atom. The van der Waals surface area contributed by atoms with Gasteiger partial charge in [0.15, 0.2) is 16.6 Å². The number of carbonyl (C=O) groups is 3. The summed E-state index contributed by atoms with van der Waals surface area (Å²) in [7, 11) is -4.01. The maximum absolute atomic E-state index is 12.7. The molecule has 6 nitrogen and oxygen atoms in total. The van der Waals surface area contributed by atoms with E-state index in [2.05, 4.69) is 67.7 Å². The number of ketones is 2. The second-order valence-electron chi connectivity index (χ2n) is 12.2. The SMILES string of the molecule is CCN(CC)C(=O)C(=O)C(=O)C(C)CCC(CO[Si](C)(C)C(C)(C)C)O[Si](C)(C)C(C)(C)C. The average molecular weight is 502 g/mol. The third-order valence-corrected chi connectivity index (χ3v) is 16.6. The summed E-state index contributed by atoms with van der Waals surface area (Å²) in [4.78, 5) is 38.8. The van der Waals surface area contributed by atoms with Gasteiger partial charge < -0.3 is 13.8 Å². The van der Waals surface area contributed by atoms with Crippen molar-refractivity contribution in [2.24, 2.45) is 5.92 Å². The summed E-state index contributed by atoms with van der Waals surface area (Å²) < 4.78 is 13.2. The smallest absolute Gasteiger partial charge is 0.298 e. The van der Waals surface area contributed by atoms with Crippen LogP contribution in [0.5, 0.6) is 0 Å². The summed E-state index contributed by atoms with van der Waals surface area (Å²) >= 11 is 0. The fourth-order valence-corrected chi connectivity index (χ4v) is 5.25. The van der Waals surface area contributed by atoms with Crippen LogP contribution in [0.3, 0.4) is 0 Å². The van der Waals surface area contributed by atoms with E-state index in [0.29, 0.717) is 32.5 Å². The van der Waals surface area contributed by atoms with Gasteiger partial charge in [-0.2, -0.15) is 0 Å². The summed E-state index contributed by atoms with van der Waals surface area (Å²) in [5.41, 5.74) is 0. The van der Waals surface area contributed by atoms with Crippen LogP contribution in [-0.2, 0) is 23.2 Å². The highest BCUT2D eigenvalue weighted by atomic mass is 28.4. The maximum atomic E-state index is 12.7. The molecule has 0 saturated heterocycles. The van der Waals surface area contributed by atoms with Crippen LogP contribution >= 0.6 is 0 Å². The third-order valence-electron chi connectivity index (χ3n) is 7.54. The Hall–Kier alpha value is -0.836. The standard InChI is InChI=1S/C25H51NO5Si2/c1-14-26(15-2)23(29)22(28)21(27)19(3)16-17-20(31-33(12,13)25(7,8)9)18-30-32(10,11)24(4,5)6/h19-20H,14-18H2,1-13H3. The van der Waals surface area contributed by atoms with Crippen molar-refractivity contribution >= 4 is 34.1 Å². The average Bonchev–Trinajstić information content (AvgIpc) is 2.67. The van der Waals surface area contributed by atoms with E-state index < -0.39 is 40.0 Å². The van der Waals surface area contributed by atoms with E-state index in [9.17, 15) is 14.4 Å². The van der Waals surface area contributed by atoms with Crippen LogP contribution in [0, 0.1) is 5.92 Å². The molecule has 33 heavy (non-hydrogen) atoms. The van der Waals surface area contributed by atoms with Gasteiger partial charge in [-0.25, -0.2) is 0 Å². The third kappa shape index (κ3) is 9.38. The summed E-state index contributed by atoms with van der Waals surface area (Å²) in [5.74, 6) is -2.75. The molecular weight excluding hydrogens is 450 g/mol. The lowest BCUT2D eigenvalue weighted by atomic mass is 9.95. The fourth-order valence-electron chi connectivity index (χ4n) is 2.84. The minimum absolute atomic E-state index is 0.0514. The van der Waals surface area contributed by atoms with E-state index in [0.717, 1.165) is 0 Å². The van der Waals surface area contributed by atoms with Gasteiger partial charge in [-0.15, -0.1) is 0 Å². The zero-order chi connectivity index (χ0) is 26.4. The highest BCUT2D eigenvalue weighted by molar-refractivity contribution is 6.74. The molecule has 0 aromatic carbocycles. The minimum atomic E-state index is -2.05. The fraction of sp³-hybridized carbons (Fsp3) is 0.880. The van der Waals surface area contributed by atoms with E-state index in [1.54, 1.807) is 20.8 Å². The van der Waals surface area contributed by atoms with Gasteiger partial charge in [0, 0.05) is 19.0 Å². The van der Waals surface area contributed by atoms with Gasteiger partial charge in [0.1, 0.15) is 0 Å². The van der Waals surface area contributed by atoms with Crippen molar-refractivity contribution in [2.75, 3.05) is 19.7 Å². The number of nitrogens with zero attached hydrogens (tertiary/aromatic N) is 1. The van der Waals surface area contributed by atoms with Gasteiger partial charge in [-0.05, 0) is 63.0 Å². The molecule has 1 amide bonds. The Kier molecular flexibility index (Phi) is 11.9. The normalized spacial score (nSPS) is 15.2. The lowest BCUT2D eigenvalue weighted by Crippen LogP contribution is -2.48. The first-order valence-electron chi connectivity index (χ1n) is 12.4. The molecular formula is C25H51NO5Si2. The molecule has 0 aliphatic rings. The number of rotatable bonds is 13. The van der Waals surface area contributed by atoms with Crippen LogP contribution in [-0.4, -0.2) is 64.8 Å². The van der Waals surface area contributed by atoms with E-state index in [1.165, 1.54) is 4.90 Å². The highest BCUT2D eigenvalue weighted by Gasteiger charge is 2.41. The first kappa shape index (κ1) is 32.2. The van der Waals surface area contributed by atoms with Crippen molar-refractivity contribution < 1.29 is 23.2 Å². The Morgan fingerprint density at radius 2 is 1.27 bits per heavy atom. The second-order valence-corrected chi connectivity index (χ2v) is 21.8. The van der Waals surface area contributed by atoms with E-state index in [-0.39, 0.29) is 16.2 Å². The Balaban J connectivity index is 5.41. The highest BCUT2D eigenvalue weighted by Crippen LogP contribution is 2.39. The van der Waals surface area contributed by atoms with E-state index >= 15 is 0 Å². The summed E-state index contributed by atoms with van der Waals surface area (Å²) in [6, 6.07) is 0. The molecule has 8 heteroatoms. The Morgan fingerprint density at radius 1 is 0.818 bits per heavy atom. The monoisotopic (exact) mass is 501 g/mol. The molecule has 0 fully saturated rings. The van der Waals surface area contributed by atoms with Gasteiger partial charge in [0.05, 0.1) is 12.7 Å². The van der Waals surface area contributed by atoms with Crippen LogP contribution in [0.25, 0.3) is 0 Å². The van der Waals surface area contributed by atoms with E-state index in [1.807, 2.05) is 0 Å². The van der Waals surface area contributed by atoms with Gasteiger partial charge >= 0.3 is 0 Å². The van der Waals surface area contributed by atoms with Gasteiger partial charge in [-0.1, -0.05) is 48.5 Å². The largest absolute Gasteiger partial charge is 0.414 e. The maximum Gasteiger partial charge on any atom is 0.298 e. The molecule has 0 aliphatic heterocycles. The molecule has 0 rings (SSSR count). The zero-order valence-corrected chi connectivity index (χ0v) is 25.7. The molecule has 194 valence electrons. The Bertz CT molecular complexity index is 673. The summed E-state index contributed by atoms with van der Waals surface area (Å²) in [5, 5.41) is 0.144. The van der Waals surface area contributed by atoms with Crippen LogP contribution in [0.2, 0.25) is 36.3 Å². The van der Waals surface area contributed by atoms with E-state index in [4.69, 9.17) is 8.85 Å². The van der Waals surface area contributed by atoms with Crippen molar-refractivity contribution in [1.82, 2.24) is 4.90 Å². The molecule has 0 aromatic rings. The molecule has 0 bridgehead atoms. The Labute approximate surface area is 205 Å². The molecule has 0 saturated carbocycles. The van der Waals surface area contributed by atoms with Crippen LogP contribution in [0.15, 0.2) is 0 Å². The van der Waals surface area contributed by atoms with Crippen molar-refractivity contribution in [3.63, 3.8) is 0 Å². The molecule has 2 atom stereocenters. The number of likely N-dealkylation sites (N-methyl/N-ethyl adjacent to an activating group) is 1. The molecule has 0 aromatic heterocycles. The van der Waals surface area contributed by atoms with Crippen molar-refractivity contribution in [2.45, 2.75) is 118 Å². The van der Waals surface area contributed by atoms with Gasteiger partial charge in [0.25, 0.3) is 11.7 Å². The van der Waals surface area contributed by atoms with Crippen LogP contribution < -0.4 is 0 Å². The molecule has 0 radical (unpaired) electrons. The van der Waals surface area contributed by atoms with Crippen molar-refractivity contribution in [3.8, 4) is 0 Å². The number of carbonyl (C=O) groups excluding carboxylic acids is 3. The predicted molar refractivity (Wildman–Crippen MR) is 142 cm³/mol. The topological polar surface area (TPSA) is 72.9 Å². The zero-order valence-electron chi connectivity index (χ0n) is 23.7. The molecule has 2 unspecified atom stereocenters. The quantitative estimate of drug-likeness (QED) is 0.181. The molecule has 0 heterocycles. The molecule has 0 N–H and O–H groups in total. The lowest BCUT2D eigenvalue weighted by molar-refractivity contribution is -0.150. The summed E-state index contributed by atoms with van der Waals surface area (Å²) in [6.07, 6.45) is 0.945. The summed E-state index contributed by atoms with van der Waals surface area (Å²) in [6.45, 7) is 28.8. The van der Waals surface area contributed by atoms with Crippen molar-refractivity contribution in [3.05, 3.63) is 0 Å². The number of hydrogen-bond acceptors (Lipinski definition) is 5. The first-order chi connectivity index (χ1) is 14.7. The van der Waals surface area contributed by atoms with Crippen LogP contribution in [0.4, 0.5) is 0 Å². The molecule has 0 spiro atoms. The predicted octanol–water partition coefficient (Wildman–Crippen LogP) is 5.82. The molecule has 0 aliphatic carbocycles. The number of hydrogen-bond donors (Lipinski definition) is 0. The van der Waals surface area contributed by atoms with Gasteiger partial charge in [0.2, 0.25) is 5.78 Å². The first-order valence-corrected chi connectivity index (χ1v) is 18.2. The number of amides is 1. The number of Topliss-reactive ketones (excluding diaryl/α,β-unsaturated/α-hetero) is 2. The lowest BCUT2D eigenvalue weighted by Gasteiger charge is -2.41. The van der Waals surface area contributed by atoms with Gasteiger partial charge in [-0.3, -0.25) is 14.4 Å². The second kappa shape index (κ2) is 12.2.